The first-order valence-electron chi connectivity index (χ1n) is 5.10. The number of nitrogens with one attached hydrogen (secondary N) is 1. The van der Waals surface area contributed by atoms with Gasteiger partial charge in [-0.05, 0) is 18.6 Å². The van der Waals surface area contributed by atoms with Crippen molar-refractivity contribution in [1.82, 2.24) is 5.32 Å². The maximum absolute atomic E-state index is 11.6. The number of primary amides is 1. The van der Waals surface area contributed by atoms with E-state index in [0.29, 0.717) is 6.42 Å². The fraction of sp³-hybridized carbons (Fsp3) is 0.273. The van der Waals surface area contributed by atoms with E-state index in [9.17, 15) is 19.8 Å². The highest BCUT2D eigenvalue weighted by Crippen LogP contribution is 2.27. The molecule has 0 aromatic heterocycles. The van der Waals surface area contributed by atoms with Crippen LogP contribution in [0.3, 0.4) is 0 Å². The van der Waals surface area contributed by atoms with Crippen LogP contribution < -0.4 is 11.1 Å². The summed E-state index contributed by atoms with van der Waals surface area (Å²) in [5.74, 6) is -1.75. The first kappa shape index (κ1) is 12.8. The summed E-state index contributed by atoms with van der Waals surface area (Å²) in [7, 11) is 0. The molecular weight excluding hydrogens is 224 g/mol. The van der Waals surface area contributed by atoms with Gasteiger partial charge in [-0.15, -0.1) is 0 Å². The lowest BCUT2D eigenvalue weighted by molar-refractivity contribution is -0.118. The highest BCUT2D eigenvalue weighted by atomic mass is 16.3. The van der Waals surface area contributed by atoms with Gasteiger partial charge in [0.2, 0.25) is 5.91 Å². The standard InChI is InChI=1S/C11H14N2O4/c12-9(15)5-2-6-13-11(17)7-3-1-4-8(14)10(7)16/h1,3-4,14,16H,2,5-6H2,(H2,12,15)(H,13,17). The van der Waals surface area contributed by atoms with E-state index in [4.69, 9.17) is 5.73 Å². The van der Waals surface area contributed by atoms with Gasteiger partial charge in [0.1, 0.15) is 0 Å². The minimum Gasteiger partial charge on any atom is -0.504 e. The molecule has 0 radical (unpaired) electrons. The molecule has 0 saturated heterocycles. The van der Waals surface area contributed by atoms with Gasteiger partial charge in [0.05, 0.1) is 5.56 Å². The Morgan fingerprint density at radius 1 is 1.29 bits per heavy atom. The second kappa shape index (κ2) is 5.74. The number of aromatic hydroxyl groups is 2. The summed E-state index contributed by atoms with van der Waals surface area (Å²) in [5.41, 5.74) is 4.93. The summed E-state index contributed by atoms with van der Waals surface area (Å²) in [6.07, 6.45) is 0.618. The Balaban J connectivity index is 2.53. The maximum atomic E-state index is 11.6. The van der Waals surface area contributed by atoms with Crippen LogP contribution >= 0.6 is 0 Å². The molecule has 0 saturated carbocycles. The zero-order chi connectivity index (χ0) is 12.8. The van der Waals surface area contributed by atoms with Crippen molar-refractivity contribution in [3.8, 4) is 11.5 Å². The van der Waals surface area contributed by atoms with Gasteiger partial charge in [-0.1, -0.05) is 6.07 Å². The molecule has 0 spiro atoms. The van der Waals surface area contributed by atoms with E-state index in [1.807, 2.05) is 0 Å². The van der Waals surface area contributed by atoms with E-state index in [-0.39, 0.29) is 24.3 Å². The third-order valence-corrected chi connectivity index (χ3v) is 2.14. The maximum Gasteiger partial charge on any atom is 0.255 e. The molecule has 17 heavy (non-hydrogen) atoms. The lowest BCUT2D eigenvalue weighted by Crippen LogP contribution is -2.25. The number of nitrogens with two attached hydrogens (primary N) is 1. The summed E-state index contributed by atoms with van der Waals surface area (Å²) in [6.45, 7) is 0.275. The van der Waals surface area contributed by atoms with Crippen molar-refractivity contribution in [3.63, 3.8) is 0 Å². The van der Waals surface area contributed by atoms with Crippen molar-refractivity contribution >= 4 is 11.8 Å². The van der Waals surface area contributed by atoms with Crippen LogP contribution in [0.4, 0.5) is 0 Å². The van der Waals surface area contributed by atoms with E-state index >= 15 is 0 Å². The molecule has 1 aromatic rings. The van der Waals surface area contributed by atoms with Gasteiger partial charge in [0, 0.05) is 13.0 Å². The third-order valence-electron chi connectivity index (χ3n) is 2.14. The van der Waals surface area contributed by atoms with E-state index in [1.165, 1.54) is 18.2 Å². The summed E-state index contributed by atoms with van der Waals surface area (Å²) < 4.78 is 0. The van der Waals surface area contributed by atoms with Gasteiger partial charge in [-0.25, -0.2) is 0 Å². The van der Waals surface area contributed by atoms with Crippen molar-refractivity contribution in [1.29, 1.82) is 0 Å². The number of hydrogen-bond donors (Lipinski definition) is 4. The summed E-state index contributed by atoms with van der Waals surface area (Å²) in [6, 6.07) is 4.12. The molecule has 1 rings (SSSR count). The van der Waals surface area contributed by atoms with Gasteiger partial charge < -0.3 is 21.3 Å². The number of hydrogen-bond acceptors (Lipinski definition) is 4. The number of amides is 2. The molecule has 2 amide bonds. The second-order valence-electron chi connectivity index (χ2n) is 3.50. The number of para-hydroxylation sites is 1. The molecular formula is C11H14N2O4. The highest BCUT2D eigenvalue weighted by molar-refractivity contribution is 5.97. The summed E-state index contributed by atoms with van der Waals surface area (Å²) >= 11 is 0. The molecule has 0 fully saturated rings. The predicted octanol–water partition coefficient (Wildman–Crippen LogP) is 0.0931. The normalized spacial score (nSPS) is 9.88. The Morgan fingerprint density at radius 2 is 2.00 bits per heavy atom. The minimum atomic E-state index is -0.511. The summed E-state index contributed by atoms with van der Waals surface area (Å²) in [4.78, 5) is 22.0. The van der Waals surface area contributed by atoms with Crippen LogP contribution in [-0.2, 0) is 4.79 Å². The van der Waals surface area contributed by atoms with Crippen LogP contribution in [0.25, 0.3) is 0 Å². The van der Waals surface area contributed by atoms with Crippen LogP contribution in [0.2, 0.25) is 0 Å². The van der Waals surface area contributed by atoms with Crippen molar-refractivity contribution in [2.45, 2.75) is 12.8 Å². The van der Waals surface area contributed by atoms with Crippen LogP contribution in [-0.4, -0.2) is 28.6 Å². The number of carbonyl (C=O) groups is 2. The molecule has 0 aliphatic heterocycles. The largest absolute Gasteiger partial charge is 0.504 e. The topological polar surface area (TPSA) is 113 Å². The number of carbonyl (C=O) groups excluding carboxylic acids is 2. The monoisotopic (exact) mass is 238 g/mol. The van der Waals surface area contributed by atoms with Crippen LogP contribution in [0, 0.1) is 0 Å². The smallest absolute Gasteiger partial charge is 0.255 e. The minimum absolute atomic E-state index is 0.0101. The van der Waals surface area contributed by atoms with Crippen molar-refractivity contribution < 1.29 is 19.8 Å². The Hall–Kier alpha value is -2.24. The Kier molecular flexibility index (Phi) is 4.33. The second-order valence-corrected chi connectivity index (χ2v) is 3.50. The van der Waals surface area contributed by atoms with Crippen molar-refractivity contribution in [2.24, 2.45) is 5.73 Å². The lowest BCUT2D eigenvalue weighted by atomic mass is 10.1. The van der Waals surface area contributed by atoms with Gasteiger partial charge in [0.15, 0.2) is 11.5 Å². The Labute approximate surface area is 98.1 Å². The summed E-state index contributed by atoms with van der Waals surface area (Å²) in [5, 5.41) is 21.1. The molecule has 0 bridgehead atoms. The molecule has 0 atom stereocenters. The van der Waals surface area contributed by atoms with E-state index in [2.05, 4.69) is 5.32 Å². The molecule has 0 unspecified atom stereocenters. The lowest BCUT2D eigenvalue weighted by Gasteiger charge is -2.06. The number of phenols is 2. The van der Waals surface area contributed by atoms with Crippen LogP contribution in [0.5, 0.6) is 11.5 Å². The van der Waals surface area contributed by atoms with E-state index in [0.717, 1.165) is 0 Å². The third kappa shape index (κ3) is 3.67. The predicted molar refractivity (Wildman–Crippen MR) is 60.5 cm³/mol. The Bertz CT molecular complexity index is 431. The Morgan fingerprint density at radius 3 is 2.65 bits per heavy atom. The van der Waals surface area contributed by atoms with Gasteiger partial charge in [0.25, 0.3) is 5.91 Å². The van der Waals surface area contributed by atoms with E-state index in [1.54, 1.807) is 0 Å². The first-order chi connectivity index (χ1) is 8.02. The molecule has 92 valence electrons. The molecule has 0 aliphatic rings. The van der Waals surface area contributed by atoms with Gasteiger partial charge in [-0.2, -0.15) is 0 Å². The quantitative estimate of drug-likeness (QED) is 0.430. The average Bonchev–Trinajstić information content (AvgIpc) is 2.27. The van der Waals surface area contributed by atoms with Crippen molar-refractivity contribution in [3.05, 3.63) is 23.8 Å². The number of rotatable bonds is 5. The van der Waals surface area contributed by atoms with Crippen LogP contribution in [0.15, 0.2) is 18.2 Å². The molecule has 1 aromatic carbocycles. The van der Waals surface area contributed by atoms with E-state index < -0.39 is 17.6 Å². The van der Waals surface area contributed by atoms with Gasteiger partial charge in [-0.3, -0.25) is 9.59 Å². The molecule has 6 heteroatoms. The number of phenolic OH excluding ortho intramolecular Hbond substituents is 2. The fourth-order valence-electron chi connectivity index (χ4n) is 1.27. The molecule has 6 nitrogen and oxygen atoms in total. The SMILES string of the molecule is NC(=O)CCCNC(=O)c1cccc(O)c1O. The van der Waals surface area contributed by atoms with Crippen molar-refractivity contribution in [2.75, 3.05) is 6.54 Å². The zero-order valence-corrected chi connectivity index (χ0v) is 9.14. The fourth-order valence-corrected chi connectivity index (χ4v) is 1.27. The molecule has 0 heterocycles. The van der Waals surface area contributed by atoms with Crippen LogP contribution in [0.1, 0.15) is 23.2 Å². The zero-order valence-electron chi connectivity index (χ0n) is 9.14. The molecule has 0 aliphatic carbocycles. The first-order valence-corrected chi connectivity index (χ1v) is 5.10. The molecule has 5 N–H and O–H groups in total. The average molecular weight is 238 g/mol. The highest BCUT2D eigenvalue weighted by Gasteiger charge is 2.12. The number of benzene rings is 1. The van der Waals surface area contributed by atoms with Gasteiger partial charge >= 0.3 is 0 Å².